The molecule has 3 rings (SSSR count). The first-order chi connectivity index (χ1) is 16.5. The number of halogens is 3. The fraction of sp³-hybridized carbons (Fsp3) is 0.150. The number of carbonyl (C=O) groups is 1. The molecular weight excluding hydrogens is 509 g/mol. The van der Waals surface area contributed by atoms with Gasteiger partial charge in [0.25, 0.3) is 21.7 Å². The molecule has 0 spiro atoms. The monoisotopic (exact) mass is 528 g/mol. The standard InChI is InChI=1S/C20H19F3N6O4S2/c1-25-35(32,33)28-19-15(22)10(5-6-26-19)8-29-9-12(18(24)30)17(16(23)20(29)31)27-14-4-3-11(34-2)7-13(14)21/h3-7,9,25,27H,8H2,1-2H3,(H2,24,30)(H,26,28). The summed E-state index contributed by atoms with van der Waals surface area (Å²) in [4.78, 5) is 28.9. The summed E-state index contributed by atoms with van der Waals surface area (Å²) in [6.07, 6.45) is 3.69. The van der Waals surface area contributed by atoms with Crippen molar-refractivity contribution < 1.29 is 26.4 Å². The van der Waals surface area contributed by atoms with Crippen molar-refractivity contribution in [3.8, 4) is 0 Å². The lowest BCUT2D eigenvalue weighted by Crippen LogP contribution is -2.29. The molecule has 1 amide bonds. The van der Waals surface area contributed by atoms with Crippen molar-refractivity contribution in [3.63, 3.8) is 0 Å². The van der Waals surface area contributed by atoms with Gasteiger partial charge in [0.15, 0.2) is 11.6 Å². The number of primary amides is 1. The molecule has 2 aromatic heterocycles. The van der Waals surface area contributed by atoms with E-state index in [1.165, 1.54) is 23.9 Å². The second-order valence-electron chi connectivity index (χ2n) is 6.94. The molecule has 0 aliphatic rings. The molecule has 0 fully saturated rings. The quantitative estimate of drug-likeness (QED) is 0.311. The van der Waals surface area contributed by atoms with Gasteiger partial charge in [-0.2, -0.15) is 12.8 Å². The molecule has 0 bridgehead atoms. The Bertz CT molecular complexity index is 1460. The van der Waals surface area contributed by atoms with Gasteiger partial charge in [-0.25, -0.2) is 18.5 Å². The van der Waals surface area contributed by atoms with Crippen molar-refractivity contribution in [2.75, 3.05) is 23.3 Å². The van der Waals surface area contributed by atoms with Gasteiger partial charge in [-0.3, -0.25) is 14.3 Å². The van der Waals surface area contributed by atoms with Gasteiger partial charge >= 0.3 is 0 Å². The smallest absolute Gasteiger partial charge is 0.300 e. The van der Waals surface area contributed by atoms with Crippen molar-refractivity contribution in [1.29, 1.82) is 0 Å². The number of amides is 1. The third-order valence-corrected chi connectivity index (χ3v) is 6.46. The van der Waals surface area contributed by atoms with Crippen LogP contribution in [0.3, 0.4) is 0 Å². The van der Waals surface area contributed by atoms with Crippen molar-refractivity contribution in [2.45, 2.75) is 11.4 Å². The number of thioether (sulfide) groups is 1. The molecule has 0 saturated heterocycles. The van der Waals surface area contributed by atoms with Gasteiger partial charge in [0.05, 0.1) is 23.5 Å². The molecule has 35 heavy (non-hydrogen) atoms. The first kappa shape index (κ1) is 26.1. The van der Waals surface area contributed by atoms with Crippen molar-refractivity contribution in [3.05, 3.63) is 75.6 Å². The van der Waals surface area contributed by atoms with E-state index in [-0.39, 0.29) is 11.3 Å². The van der Waals surface area contributed by atoms with Gasteiger partial charge in [0, 0.05) is 29.9 Å². The molecule has 2 heterocycles. The molecular formula is C20H19F3N6O4S2. The lowest BCUT2D eigenvalue weighted by atomic mass is 10.1. The summed E-state index contributed by atoms with van der Waals surface area (Å²) >= 11 is 1.27. The maximum atomic E-state index is 15.1. The van der Waals surface area contributed by atoms with Crippen LogP contribution in [0.1, 0.15) is 15.9 Å². The molecule has 0 unspecified atom stereocenters. The fourth-order valence-electron chi connectivity index (χ4n) is 2.95. The van der Waals surface area contributed by atoms with Crippen LogP contribution in [-0.2, 0) is 16.8 Å². The van der Waals surface area contributed by atoms with E-state index in [9.17, 15) is 26.8 Å². The van der Waals surface area contributed by atoms with Gasteiger partial charge in [-0.1, -0.05) is 0 Å². The van der Waals surface area contributed by atoms with Crippen molar-refractivity contribution in [1.82, 2.24) is 14.3 Å². The zero-order valence-electron chi connectivity index (χ0n) is 18.2. The van der Waals surface area contributed by atoms with Crippen LogP contribution in [0.2, 0.25) is 0 Å². The zero-order chi connectivity index (χ0) is 25.9. The van der Waals surface area contributed by atoms with Gasteiger partial charge < -0.3 is 15.6 Å². The van der Waals surface area contributed by atoms with Gasteiger partial charge in [-0.15, -0.1) is 11.8 Å². The SMILES string of the molecule is CNS(=O)(=O)Nc1nccc(Cn2cc(C(N)=O)c(Nc3ccc(SC)cc3F)c(F)c2=O)c1F. The topological polar surface area (TPSA) is 148 Å². The molecule has 0 aliphatic heterocycles. The molecule has 10 nitrogen and oxygen atoms in total. The largest absolute Gasteiger partial charge is 0.365 e. The Hall–Kier alpha value is -3.56. The molecule has 3 aromatic rings. The van der Waals surface area contributed by atoms with Crippen LogP contribution in [0.15, 0.2) is 46.3 Å². The van der Waals surface area contributed by atoms with E-state index in [4.69, 9.17) is 5.73 Å². The van der Waals surface area contributed by atoms with Crippen LogP contribution in [0.4, 0.5) is 30.4 Å². The number of nitrogens with two attached hydrogens (primary N) is 1. The Morgan fingerprint density at radius 2 is 1.91 bits per heavy atom. The summed E-state index contributed by atoms with van der Waals surface area (Å²) in [7, 11) is -3.00. The predicted molar refractivity (Wildman–Crippen MR) is 126 cm³/mol. The number of hydrogen-bond donors (Lipinski definition) is 4. The van der Waals surface area contributed by atoms with E-state index in [2.05, 4.69) is 10.3 Å². The minimum atomic E-state index is -4.09. The lowest BCUT2D eigenvalue weighted by molar-refractivity contribution is 0.1000. The summed E-state index contributed by atoms with van der Waals surface area (Å²) in [6.45, 7) is -0.601. The summed E-state index contributed by atoms with van der Waals surface area (Å²) in [5.74, 6) is -5.15. The summed E-state index contributed by atoms with van der Waals surface area (Å²) < 4.78 is 72.0. The van der Waals surface area contributed by atoms with Crippen LogP contribution in [-0.4, -0.2) is 37.2 Å². The first-order valence-corrected chi connectivity index (χ1v) is 12.4. The lowest BCUT2D eigenvalue weighted by Gasteiger charge is -2.16. The molecule has 5 N–H and O–H groups in total. The Morgan fingerprint density at radius 1 is 1.20 bits per heavy atom. The second-order valence-corrected chi connectivity index (χ2v) is 9.44. The van der Waals surface area contributed by atoms with E-state index in [0.717, 1.165) is 25.5 Å². The van der Waals surface area contributed by atoms with Gasteiger partial charge in [0.1, 0.15) is 5.82 Å². The van der Waals surface area contributed by atoms with E-state index in [1.807, 2.05) is 9.44 Å². The zero-order valence-corrected chi connectivity index (χ0v) is 19.9. The van der Waals surface area contributed by atoms with Crippen LogP contribution >= 0.6 is 11.8 Å². The number of carbonyl (C=O) groups excluding carboxylic acids is 1. The highest BCUT2D eigenvalue weighted by Crippen LogP contribution is 2.27. The number of benzene rings is 1. The van der Waals surface area contributed by atoms with E-state index < -0.39 is 62.7 Å². The average molecular weight is 529 g/mol. The van der Waals surface area contributed by atoms with E-state index >= 15 is 4.39 Å². The van der Waals surface area contributed by atoms with Crippen LogP contribution in [0, 0.1) is 17.5 Å². The van der Waals surface area contributed by atoms with Crippen molar-refractivity contribution in [2.24, 2.45) is 5.73 Å². The molecule has 0 atom stereocenters. The molecule has 0 radical (unpaired) electrons. The number of pyridine rings is 2. The highest BCUT2D eigenvalue weighted by molar-refractivity contribution is 7.98. The average Bonchev–Trinajstić information content (AvgIpc) is 2.81. The molecule has 186 valence electrons. The van der Waals surface area contributed by atoms with E-state index in [0.29, 0.717) is 9.46 Å². The van der Waals surface area contributed by atoms with E-state index in [1.54, 1.807) is 12.3 Å². The third kappa shape index (κ3) is 5.75. The van der Waals surface area contributed by atoms with Crippen LogP contribution in [0.25, 0.3) is 0 Å². The Labute approximate surface area is 201 Å². The Morgan fingerprint density at radius 3 is 2.51 bits per heavy atom. The predicted octanol–water partition coefficient (Wildman–Crippen LogP) is 2.15. The summed E-state index contributed by atoms with van der Waals surface area (Å²) in [6, 6.07) is 5.17. The van der Waals surface area contributed by atoms with Crippen molar-refractivity contribution >= 4 is 45.1 Å². The third-order valence-electron chi connectivity index (χ3n) is 4.73. The molecule has 0 aliphatic carbocycles. The normalized spacial score (nSPS) is 11.3. The fourth-order valence-corrected chi connectivity index (χ4v) is 3.88. The number of rotatable bonds is 9. The van der Waals surface area contributed by atoms with Crippen LogP contribution in [0.5, 0.6) is 0 Å². The van der Waals surface area contributed by atoms with Gasteiger partial charge in [0.2, 0.25) is 5.82 Å². The number of aromatic nitrogens is 2. The summed E-state index contributed by atoms with van der Waals surface area (Å²) in [5.41, 5.74) is 2.48. The number of nitrogens with zero attached hydrogens (tertiary/aromatic N) is 2. The summed E-state index contributed by atoms with van der Waals surface area (Å²) in [5, 5.41) is 2.39. The Balaban J connectivity index is 2.04. The minimum Gasteiger partial charge on any atom is -0.365 e. The molecule has 1 aromatic carbocycles. The molecule has 15 heteroatoms. The number of hydrogen-bond acceptors (Lipinski definition) is 7. The second kappa shape index (κ2) is 10.4. The highest BCUT2D eigenvalue weighted by Gasteiger charge is 2.22. The van der Waals surface area contributed by atoms with Gasteiger partial charge in [-0.05, 0) is 30.5 Å². The highest BCUT2D eigenvalue weighted by atomic mass is 32.2. The Kier molecular flexibility index (Phi) is 7.72. The minimum absolute atomic E-state index is 0.206. The van der Waals surface area contributed by atoms with Crippen LogP contribution < -0.4 is 26.1 Å². The first-order valence-electron chi connectivity index (χ1n) is 9.65. The number of nitrogens with one attached hydrogen (secondary N) is 3. The maximum Gasteiger partial charge on any atom is 0.300 e. The maximum absolute atomic E-state index is 15.1. The number of anilines is 3. The molecule has 0 saturated carbocycles.